The number of pyridine rings is 1. The number of aromatic nitrogens is 1. The van der Waals surface area contributed by atoms with Crippen LogP contribution in [0.15, 0.2) is 10.9 Å². The van der Waals surface area contributed by atoms with Crippen LogP contribution >= 0.6 is 22.6 Å². The molecule has 0 bridgehead atoms. The molecule has 0 spiro atoms. The zero-order chi connectivity index (χ0) is 9.30. The van der Waals surface area contributed by atoms with Gasteiger partial charge in [0.2, 0.25) is 0 Å². The van der Waals surface area contributed by atoms with E-state index in [0.717, 1.165) is 0 Å². The fourth-order valence-electron chi connectivity index (χ4n) is 0.648. The number of hydrogen-bond donors (Lipinski definition) is 1. The molecule has 0 saturated heterocycles. The molecule has 12 heavy (non-hydrogen) atoms. The SMILES string of the molecule is O=c1[nH]c(C(F)F)cc(F)c1I. The molecule has 1 N–H and O–H groups in total. The van der Waals surface area contributed by atoms with Gasteiger partial charge in [0, 0.05) is 6.07 Å². The maximum absolute atomic E-state index is 12.6. The second-order valence-corrected chi connectivity index (χ2v) is 3.10. The van der Waals surface area contributed by atoms with Crippen molar-refractivity contribution in [1.82, 2.24) is 4.98 Å². The quantitative estimate of drug-likeness (QED) is 0.789. The van der Waals surface area contributed by atoms with Gasteiger partial charge in [0.1, 0.15) is 9.39 Å². The van der Waals surface area contributed by atoms with Crippen LogP contribution in [0.4, 0.5) is 13.2 Å². The molecule has 2 nitrogen and oxygen atoms in total. The molecule has 6 heteroatoms. The molecule has 0 aromatic carbocycles. The average molecular weight is 289 g/mol. The van der Waals surface area contributed by atoms with E-state index in [2.05, 4.69) is 0 Å². The minimum absolute atomic E-state index is 0.211. The van der Waals surface area contributed by atoms with Crippen LogP contribution in [0.1, 0.15) is 12.1 Å². The largest absolute Gasteiger partial charge is 0.320 e. The van der Waals surface area contributed by atoms with Crippen molar-refractivity contribution in [2.24, 2.45) is 0 Å². The molecule has 1 aromatic heterocycles. The lowest BCUT2D eigenvalue weighted by atomic mass is 10.3. The highest BCUT2D eigenvalue weighted by atomic mass is 127. The Balaban J connectivity index is 3.31. The van der Waals surface area contributed by atoms with E-state index in [4.69, 9.17) is 0 Å². The molecule has 1 rings (SSSR count). The van der Waals surface area contributed by atoms with Gasteiger partial charge in [-0.2, -0.15) is 0 Å². The monoisotopic (exact) mass is 289 g/mol. The zero-order valence-corrected chi connectivity index (χ0v) is 7.73. The van der Waals surface area contributed by atoms with E-state index in [0.29, 0.717) is 6.07 Å². The topological polar surface area (TPSA) is 32.9 Å². The van der Waals surface area contributed by atoms with Crippen molar-refractivity contribution in [3.05, 3.63) is 31.5 Å². The van der Waals surface area contributed by atoms with Crippen molar-refractivity contribution in [2.45, 2.75) is 6.43 Å². The van der Waals surface area contributed by atoms with E-state index in [1.54, 1.807) is 0 Å². The molecule has 0 aliphatic rings. The van der Waals surface area contributed by atoms with Crippen molar-refractivity contribution in [2.75, 3.05) is 0 Å². The summed E-state index contributed by atoms with van der Waals surface area (Å²) in [6, 6.07) is 0.619. The normalized spacial score (nSPS) is 10.8. The van der Waals surface area contributed by atoms with E-state index in [1.807, 2.05) is 4.98 Å². The second-order valence-electron chi connectivity index (χ2n) is 2.02. The van der Waals surface area contributed by atoms with E-state index >= 15 is 0 Å². The van der Waals surface area contributed by atoms with E-state index in [1.165, 1.54) is 22.6 Å². The summed E-state index contributed by atoms with van der Waals surface area (Å²) in [6.07, 6.45) is -2.86. The molecular formula is C6H3F3INO. The Morgan fingerprint density at radius 1 is 1.50 bits per heavy atom. The fourth-order valence-corrected chi connectivity index (χ4v) is 0.938. The lowest BCUT2D eigenvalue weighted by Gasteiger charge is -1.99. The maximum Gasteiger partial charge on any atom is 0.278 e. The van der Waals surface area contributed by atoms with Crippen LogP contribution in [0.2, 0.25) is 0 Å². The smallest absolute Gasteiger partial charge is 0.278 e. The number of H-pyrrole nitrogens is 1. The molecule has 0 aliphatic carbocycles. The van der Waals surface area contributed by atoms with Crippen molar-refractivity contribution in [3.63, 3.8) is 0 Å². The molecule has 0 radical (unpaired) electrons. The van der Waals surface area contributed by atoms with Crippen molar-refractivity contribution in [3.8, 4) is 0 Å². The molecule has 66 valence electrons. The third kappa shape index (κ3) is 1.79. The molecule has 0 atom stereocenters. The minimum Gasteiger partial charge on any atom is -0.320 e. The number of rotatable bonds is 1. The number of aromatic amines is 1. The van der Waals surface area contributed by atoms with E-state index in [-0.39, 0.29) is 3.57 Å². The average Bonchev–Trinajstić information content (AvgIpc) is 1.99. The zero-order valence-electron chi connectivity index (χ0n) is 5.57. The highest BCUT2D eigenvalue weighted by Gasteiger charge is 2.12. The lowest BCUT2D eigenvalue weighted by Crippen LogP contribution is -2.14. The van der Waals surface area contributed by atoms with Crippen LogP contribution in [0.5, 0.6) is 0 Å². The summed E-state index contributed by atoms with van der Waals surface area (Å²) in [4.78, 5) is 12.6. The van der Waals surface area contributed by atoms with Gasteiger partial charge in [-0.05, 0) is 22.6 Å². The first kappa shape index (κ1) is 9.56. The van der Waals surface area contributed by atoms with Crippen LogP contribution in [0.25, 0.3) is 0 Å². The number of hydrogen-bond acceptors (Lipinski definition) is 1. The van der Waals surface area contributed by atoms with E-state index < -0.39 is 23.5 Å². The maximum atomic E-state index is 12.6. The predicted octanol–water partition coefficient (Wildman–Crippen LogP) is 2.06. The summed E-state index contributed by atoms with van der Waals surface area (Å²) in [7, 11) is 0. The Bertz CT molecular complexity index is 349. The third-order valence-electron chi connectivity index (χ3n) is 1.18. The summed E-state index contributed by atoms with van der Waals surface area (Å²) in [5, 5.41) is 0. The van der Waals surface area contributed by atoms with Gasteiger partial charge < -0.3 is 4.98 Å². The second kappa shape index (κ2) is 3.46. The van der Waals surface area contributed by atoms with Gasteiger partial charge in [-0.1, -0.05) is 0 Å². The summed E-state index contributed by atoms with van der Waals surface area (Å²) in [6.45, 7) is 0. The molecule has 0 saturated carbocycles. The Morgan fingerprint density at radius 2 is 2.08 bits per heavy atom. The van der Waals surface area contributed by atoms with Gasteiger partial charge in [0.25, 0.3) is 12.0 Å². The molecule has 1 heterocycles. The Labute approximate surface area is 78.9 Å². The van der Waals surface area contributed by atoms with Crippen LogP contribution < -0.4 is 5.56 Å². The molecule has 1 aromatic rings. The van der Waals surface area contributed by atoms with Gasteiger partial charge in [-0.15, -0.1) is 0 Å². The first-order valence-corrected chi connectivity index (χ1v) is 3.96. The molecule has 0 fully saturated rings. The van der Waals surface area contributed by atoms with Crippen molar-refractivity contribution < 1.29 is 13.2 Å². The van der Waals surface area contributed by atoms with Crippen LogP contribution in [0, 0.1) is 9.39 Å². The molecular weight excluding hydrogens is 286 g/mol. The molecule has 0 amide bonds. The standard InChI is InChI=1S/C6H3F3INO/c7-2-1-3(5(8)9)11-6(12)4(2)10/h1,5H,(H,11,12). The predicted molar refractivity (Wildman–Crippen MR) is 44.7 cm³/mol. The Kier molecular flexibility index (Phi) is 2.76. The summed E-state index contributed by atoms with van der Waals surface area (Å²) in [5.41, 5.74) is -1.52. The summed E-state index contributed by atoms with van der Waals surface area (Å²) in [5.74, 6) is -0.922. The molecule has 0 aliphatic heterocycles. The third-order valence-corrected chi connectivity index (χ3v) is 2.19. The first-order chi connectivity index (χ1) is 5.52. The number of halogens is 4. The first-order valence-electron chi connectivity index (χ1n) is 2.88. The summed E-state index contributed by atoms with van der Waals surface area (Å²) >= 11 is 1.45. The fraction of sp³-hybridized carbons (Fsp3) is 0.167. The van der Waals surface area contributed by atoms with Crippen LogP contribution in [-0.4, -0.2) is 4.98 Å². The van der Waals surface area contributed by atoms with Crippen LogP contribution in [0.3, 0.4) is 0 Å². The van der Waals surface area contributed by atoms with Gasteiger partial charge in [0.15, 0.2) is 0 Å². The van der Waals surface area contributed by atoms with E-state index in [9.17, 15) is 18.0 Å². The highest BCUT2D eigenvalue weighted by molar-refractivity contribution is 14.1. The van der Waals surface area contributed by atoms with Crippen molar-refractivity contribution in [1.29, 1.82) is 0 Å². The Morgan fingerprint density at radius 3 is 2.50 bits per heavy atom. The van der Waals surface area contributed by atoms with Crippen molar-refractivity contribution >= 4 is 22.6 Å². The molecule has 0 unspecified atom stereocenters. The lowest BCUT2D eigenvalue weighted by molar-refractivity contribution is 0.145. The number of nitrogens with one attached hydrogen (secondary N) is 1. The minimum atomic E-state index is -2.86. The number of alkyl halides is 2. The van der Waals surface area contributed by atoms with Gasteiger partial charge in [-0.25, -0.2) is 13.2 Å². The van der Waals surface area contributed by atoms with Gasteiger partial charge >= 0.3 is 0 Å². The Hall–Kier alpha value is -0.530. The van der Waals surface area contributed by atoms with Crippen LogP contribution in [-0.2, 0) is 0 Å². The van der Waals surface area contributed by atoms with Gasteiger partial charge in [0.05, 0.1) is 5.69 Å². The highest BCUT2D eigenvalue weighted by Crippen LogP contribution is 2.16. The van der Waals surface area contributed by atoms with Gasteiger partial charge in [-0.3, -0.25) is 4.79 Å². The summed E-state index contributed by atoms with van der Waals surface area (Å²) < 4.78 is 36.3.